The van der Waals surface area contributed by atoms with Crippen LogP contribution in [0.3, 0.4) is 0 Å². The summed E-state index contributed by atoms with van der Waals surface area (Å²) in [6.07, 6.45) is 3.60. The quantitative estimate of drug-likeness (QED) is 0.793. The Hall–Kier alpha value is -2.02. The number of carboxylic acids is 1. The summed E-state index contributed by atoms with van der Waals surface area (Å²) >= 11 is 1.45. The molecule has 1 amide bonds. The van der Waals surface area contributed by atoms with Gasteiger partial charge in [-0.05, 0) is 31.2 Å². The van der Waals surface area contributed by atoms with Crippen LogP contribution in [0.4, 0.5) is 0 Å². The molecule has 0 bridgehead atoms. The number of carboxylic acid groups (broad SMARTS) is 1. The molecular weight excluding hydrogens is 314 g/mol. The number of nitrogens with zero attached hydrogens (tertiary/aromatic N) is 2. The Morgan fingerprint density at radius 1 is 1.43 bits per heavy atom. The molecule has 0 aliphatic heterocycles. The highest BCUT2D eigenvalue weighted by Gasteiger charge is 2.34. The van der Waals surface area contributed by atoms with Crippen molar-refractivity contribution in [3.63, 3.8) is 0 Å². The van der Waals surface area contributed by atoms with Gasteiger partial charge in [-0.3, -0.25) is 14.0 Å². The van der Waals surface area contributed by atoms with Crippen molar-refractivity contribution in [3.8, 4) is 0 Å². The molecule has 0 aromatic carbocycles. The summed E-state index contributed by atoms with van der Waals surface area (Å²) in [5.74, 6) is -1.33. The van der Waals surface area contributed by atoms with Crippen molar-refractivity contribution >= 4 is 29.2 Å². The molecule has 2 rings (SSSR count). The van der Waals surface area contributed by atoms with Crippen molar-refractivity contribution < 1.29 is 14.7 Å². The molecule has 7 heteroatoms. The second-order valence-corrected chi connectivity index (χ2v) is 6.77. The molecule has 0 saturated carbocycles. The van der Waals surface area contributed by atoms with Crippen molar-refractivity contribution in [2.24, 2.45) is 5.92 Å². The third-order valence-electron chi connectivity index (χ3n) is 4.11. The lowest BCUT2D eigenvalue weighted by atomic mass is 9.85. The molecule has 2 heterocycles. The number of imidazole rings is 1. The molecule has 0 aliphatic rings. The van der Waals surface area contributed by atoms with Gasteiger partial charge in [0.15, 0.2) is 10.9 Å². The van der Waals surface area contributed by atoms with Crippen molar-refractivity contribution in [3.05, 3.63) is 30.1 Å². The number of pyridine rings is 1. The average molecular weight is 335 g/mol. The molecule has 0 spiro atoms. The molecule has 2 aromatic heterocycles. The van der Waals surface area contributed by atoms with Crippen molar-refractivity contribution in [1.29, 1.82) is 0 Å². The van der Waals surface area contributed by atoms with Crippen LogP contribution in [0.25, 0.3) is 5.52 Å². The fraction of sp³-hybridized carbons (Fsp3) is 0.438. The van der Waals surface area contributed by atoms with E-state index in [-0.39, 0.29) is 18.2 Å². The number of nitrogens with one attached hydrogen (secondary N) is 1. The number of rotatable bonds is 6. The van der Waals surface area contributed by atoms with Gasteiger partial charge < -0.3 is 10.4 Å². The predicted octanol–water partition coefficient (Wildman–Crippen LogP) is 2.68. The Labute approximate surface area is 139 Å². The zero-order valence-corrected chi connectivity index (χ0v) is 14.5. The number of aromatic nitrogens is 2. The minimum atomic E-state index is -0.944. The first kappa shape index (κ1) is 17.3. The van der Waals surface area contributed by atoms with E-state index in [4.69, 9.17) is 5.11 Å². The van der Waals surface area contributed by atoms with Crippen LogP contribution in [-0.4, -0.2) is 38.2 Å². The highest BCUT2D eigenvalue weighted by Crippen LogP contribution is 2.24. The Kier molecular flexibility index (Phi) is 4.99. The van der Waals surface area contributed by atoms with Crippen LogP contribution in [0.5, 0.6) is 0 Å². The first-order valence-electron chi connectivity index (χ1n) is 7.34. The van der Waals surface area contributed by atoms with E-state index in [0.717, 1.165) is 5.16 Å². The summed E-state index contributed by atoms with van der Waals surface area (Å²) in [6, 6.07) is 5.54. The average Bonchev–Trinajstić information content (AvgIpc) is 2.85. The molecule has 0 fully saturated rings. The standard InChI is InChI=1S/C16H21N3O3S/c1-10(2)16(3,9-12(20)21)18-14(22)13-11-7-5-6-8-19(11)15(17-13)23-4/h5-8,10H,9H2,1-4H3,(H,18,22)(H,20,21). The lowest BCUT2D eigenvalue weighted by molar-refractivity contribution is -0.138. The number of fused-ring (bicyclic) bond motifs is 1. The minimum absolute atomic E-state index is 0.0311. The summed E-state index contributed by atoms with van der Waals surface area (Å²) in [5, 5.41) is 12.7. The normalized spacial score (nSPS) is 14.0. The number of amides is 1. The van der Waals surface area contributed by atoms with E-state index in [9.17, 15) is 9.59 Å². The molecular formula is C16H21N3O3S. The number of thioether (sulfide) groups is 1. The maximum absolute atomic E-state index is 12.7. The van der Waals surface area contributed by atoms with Crippen LogP contribution >= 0.6 is 11.8 Å². The largest absolute Gasteiger partial charge is 0.481 e. The Balaban J connectivity index is 2.39. The maximum Gasteiger partial charge on any atom is 0.305 e. The van der Waals surface area contributed by atoms with Crippen LogP contribution in [-0.2, 0) is 4.79 Å². The van der Waals surface area contributed by atoms with Crippen LogP contribution in [0, 0.1) is 5.92 Å². The van der Waals surface area contributed by atoms with Crippen LogP contribution in [0.2, 0.25) is 0 Å². The smallest absolute Gasteiger partial charge is 0.305 e. The third-order valence-corrected chi connectivity index (χ3v) is 4.76. The van der Waals surface area contributed by atoms with E-state index < -0.39 is 11.5 Å². The molecule has 0 radical (unpaired) electrons. The van der Waals surface area contributed by atoms with Gasteiger partial charge in [0.05, 0.1) is 17.5 Å². The Morgan fingerprint density at radius 3 is 2.70 bits per heavy atom. The third kappa shape index (κ3) is 3.50. The molecule has 2 aromatic rings. The second-order valence-electron chi connectivity index (χ2n) is 6.00. The maximum atomic E-state index is 12.7. The fourth-order valence-electron chi connectivity index (χ4n) is 2.35. The first-order chi connectivity index (χ1) is 10.8. The Bertz CT molecular complexity index is 741. The predicted molar refractivity (Wildman–Crippen MR) is 89.9 cm³/mol. The zero-order chi connectivity index (χ0) is 17.2. The van der Waals surface area contributed by atoms with E-state index in [1.165, 1.54) is 11.8 Å². The van der Waals surface area contributed by atoms with Crippen molar-refractivity contribution in [1.82, 2.24) is 14.7 Å². The summed E-state index contributed by atoms with van der Waals surface area (Å²) in [5.41, 5.74) is 0.177. The molecule has 1 unspecified atom stereocenters. The van der Waals surface area contributed by atoms with Gasteiger partial charge in [-0.15, -0.1) is 0 Å². The monoisotopic (exact) mass is 335 g/mol. The van der Waals surface area contributed by atoms with E-state index >= 15 is 0 Å². The molecule has 0 aliphatic carbocycles. The second kappa shape index (κ2) is 6.62. The van der Waals surface area contributed by atoms with Gasteiger partial charge in [-0.25, -0.2) is 4.98 Å². The highest BCUT2D eigenvalue weighted by atomic mass is 32.2. The van der Waals surface area contributed by atoms with E-state index in [1.807, 2.05) is 48.9 Å². The first-order valence-corrected chi connectivity index (χ1v) is 8.56. The number of aliphatic carboxylic acids is 1. The minimum Gasteiger partial charge on any atom is -0.481 e. The van der Waals surface area contributed by atoms with Gasteiger partial charge in [0.2, 0.25) is 0 Å². The molecule has 6 nitrogen and oxygen atoms in total. The number of carbonyl (C=O) groups excluding carboxylic acids is 1. The van der Waals surface area contributed by atoms with Crippen LogP contribution in [0.15, 0.2) is 29.6 Å². The van der Waals surface area contributed by atoms with Gasteiger partial charge in [-0.1, -0.05) is 31.7 Å². The van der Waals surface area contributed by atoms with Gasteiger partial charge in [0.1, 0.15) is 0 Å². The van der Waals surface area contributed by atoms with Gasteiger partial charge in [0.25, 0.3) is 5.91 Å². The number of hydrogen-bond acceptors (Lipinski definition) is 4. The van der Waals surface area contributed by atoms with Crippen molar-refractivity contribution in [2.75, 3.05) is 6.26 Å². The van der Waals surface area contributed by atoms with E-state index in [0.29, 0.717) is 11.2 Å². The SMILES string of the molecule is CSc1nc(C(=O)NC(C)(CC(=O)O)C(C)C)c2ccccn12. The summed E-state index contributed by atoms with van der Waals surface area (Å²) in [7, 11) is 0. The van der Waals surface area contributed by atoms with Crippen LogP contribution in [0.1, 0.15) is 37.7 Å². The van der Waals surface area contributed by atoms with Crippen molar-refractivity contribution in [2.45, 2.75) is 37.9 Å². The number of hydrogen-bond donors (Lipinski definition) is 2. The van der Waals surface area contributed by atoms with Crippen LogP contribution < -0.4 is 5.32 Å². The Morgan fingerprint density at radius 2 is 2.13 bits per heavy atom. The highest BCUT2D eigenvalue weighted by molar-refractivity contribution is 7.98. The zero-order valence-electron chi connectivity index (χ0n) is 13.7. The molecule has 0 saturated heterocycles. The molecule has 1 atom stereocenters. The summed E-state index contributed by atoms with van der Waals surface area (Å²) in [4.78, 5) is 28.2. The molecule has 124 valence electrons. The lowest BCUT2D eigenvalue weighted by Gasteiger charge is -2.33. The topological polar surface area (TPSA) is 83.7 Å². The fourth-order valence-corrected chi connectivity index (χ4v) is 2.88. The van der Waals surface area contributed by atoms with Gasteiger partial charge >= 0.3 is 5.97 Å². The molecule has 2 N–H and O–H groups in total. The summed E-state index contributed by atoms with van der Waals surface area (Å²) in [6.45, 7) is 5.53. The van der Waals surface area contributed by atoms with E-state index in [2.05, 4.69) is 10.3 Å². The summed E-state index contributed by atoms with van der Waals surface area (Å²) < 4.78 is 1.85. The molecule has 23 heavy (non-hydrogen) atoms. The van der Waals surface area contributed by atoms with E-state index in [1.54, 1.807) is 6.92 Å². The number of carbonyl (C=O) groups is 2. The van der Waals surface area contributed by atoms with Gasteiger partial charge in [0, 0.05) is 6.20 Å². The lowest BCUT2D eigenvalue weighted by Crippen LogP contribution is -2.51. The van der Waals surface area contributed by atoms with Gasteiger partial charge in [-0.2, -0.15) is 0 Å².